The van der Waals surface area contributed by atoms with E-state index in [9.17, 15) is 4.79 Å². The minimum absolute atomic E-state index is 0.183. The first-order chi connectivity index (χ1) is 18.0. The third-order valence-corrected chi connectivity index (χ3v) is 6.09. The topological polar surface area (TPSA) is 102 Å². The van der Waals surface area contributed by atoms with Crippen LogP contribution in [0.5, 0.6) is 5.75 Å². The molecule has 0 spiro atoms. The number of halogens is 1. The summed E-state index contributed by atoms with van der Waals surface area (Å²) in [4.78, 5) is 15.5. The van der Waals surface area contributed by atoms with E-state index in [-0.39, 0.29) is 29.5 Å². The summed E-state index contributed by atoms with van der Waals surface area (Å²) in [7, 11) is 3.96. The third-order valence-electron chi connectivity index (χ3n) is 6.09. The molecule has 2 aliphatic rings. The van der Waals surface area contributed by atoms with Crippen molar-refractivity contribution in [2.75, 3.05) is 27.2 Å². The zero-order valence-electron chi connectivity index (χ0n) is 20.8. The Hall–Kier alpha value is -4.25. The number of hydrogen-bond donors (Lipinski definition) is 2. The van der Waals surface area contributed by atoms with E-state index in [1.807, 2.05) is 47.9 Å². The maximum Gasteiger partial charge on any atom is 0.260 e. The largest absolute Gasteiger partial charge is 0.492 e. The number of carbonyl (C=O) groups excluding carboxylic acids is 1. The van der Waals surface area contributed by atoms with Crippen LogP contribution in [-0.4, -0.2) is 62.6 Å². The van der Waals surface area contributed by atoms with Crippen LogP contribution in [0.4, 0.5) is 4.39 Å². The van der Waals surface area contributed by atoms with E-state index in [0.29, 0.717) is 30.9 Å². The molecular formula is C26H29FN8O2. The maximum atomic E-state index is 15.2. The summed E-state index contributed by atoms with van der Waals surface area (Å²) in [6.45, 7) is 2.35. The normalized spacial score (nSPS) is 18.4. The number of likely N-dealkylation sites (N-methyl/N-ethyl adjacent to an activating group) is 1. The number of fused-ring (bicyclic) bond motifs is 5. The molecule has 0 fully saturated rings. The second kappa shape index (κ2) is 10.8. The van der Waals surface area contributed by atoms with Crippen molar-refractivity contribution in [1.82, 2.24) is 40.1 Å². The smallest absolute Gasteiger partial charge is 0.260 e. The van der Waals surface area contributed by atoms with Crippen LogP contribution in [0.3, 0.4) is 0 Å². The Morgan fingerprint density at radius 1 is 1.24 bits per heavy atom. The Kier molecular flexibility index (Phi) is 7.13. The Morgan fingerprint density at radius 3 is 3.00 bits per heavy atom. The highest BCUT2D eigenvalue weighted by molar-refractivity contribution is 5.99. The predicted molar refractivity (Wildman–Crippen MR) is 136 cm³/mol. The summed E-state index contributed by atoms with van der Waals surface area (Å²) in [5.41, 5.74) is 1.10. The van der Waals surface area contributed by atoms with E-state index in [0.717, 1.165) is 12.4 Å². The number of carbonyl (C=O) groups is 1. The van der Waals surface area contributed by atoms with Gasteiger partial charge in [0, 0.05) is 36.5 Å². The van der Waals surface area contributed by atoms with Crippen LogP contribution in [0, 0.1) is 5.82 Å². The molecule has 1 atom stereocenters. The van der Waals surface area contributed by atoms with Crippen molar-refractivity contribution < 1.29 is 13.9 Å². The molecule has 2 N–H and O–H groups in total. The first kappa shape index (κ1) is 24.4. The fourth-order valence-electron chi connectivity index (χ4n) is 4.13. The lowest BCUT2D eigenvalue weighted by atomic mass is 10.0. The summed E-state index contributed by atoms with van der Waals surface area (Å²) in [5.74, 6) is 0.496. The van der Waals surface area contributed by atoms with Crippen molar-refractivity contribution in [3.63, 3.8) is 0 Å². The Labute approximate surface area is 214 Å². The minimum atomic E-state index is -0.483. The molecule has 37 heavy (non-hydrogen) atoms. The summed E-state index contributed by atoms with van der Waals surface area (Å²) in [6, 6.07) is 2.53. The van der Waals surface area contributed by atoms with Crippen LogP contribution in [0.2, 0.25) is 0 Å². The molecule has 1 aromatic carbocycles. The zero-order valence-corrected chi connectivity index (χ0v) is 20.8. The van der Waals surface area contributed by atoms with Gasteiger partial charge in [0.15, 0.2) is 5.82 Å². The van der Waals surface area contributed by atoms with Crippen LogP contribution < -0.4 is 15.4 Å². The van der Waals surface area contributed by atoms with Crippen molar-refractivity contribution in [2.24, 2.45) is 0 Å². The first-order valence-electron chi connectivity index (χ1n) is 12.1. The molecule has 5 rings (SSSR count). The lowest BCUT2D eigenvalue weighted by Crippen LogP contribution is -2.35. The Balaban J connectivity index is 1.46. The molecule has 1 amide bonds. The highest BCUT2D eigenvalue weighted by atomic mass is 19.1. The molecule has 11 heteroatoms. The molecule has 0 saturated heterocycles. The molecular weight excluding hydrogens is 475 g/mol. The molecule has 0 aliphatic carbocycles. The number of amides is 1. The van der Waals surface area contributed by atoms with Gasteiger partial charge in [-0.1, -0.05) is 24.3 Å². The molecule has 1 unspecified atom stereocenters. The van der Waals surface area contributed by atoms with Gasteiger partial charge in [0.05, 0.1) is 24.9 Å². The monoisotopic (exact) mass is 504 g/mol. The standard InChI is InChI=1S/C26H29FN8O2/c1-33(2)10-11-35-16-18(15-29-35)19-13-20-23(14-21(19)27)37-12-5-3-4-9-34-17-28-32-25(34)22-7-6-8-24(30-22)31-26(20)36/h3-4,6-8,13-17,22,30H,5,9-12H2,1-2H3,(H,31,36)/b4-3-. The number of ether oxygens (including phenoxy) is 1. The Morgan fingerprint density at radius 2 is 2.14 bits per heavy atom. The van der Waals surface area contributed by atoms with Gasteiger partial charge in [-0.15, -0.1) is 10.2 Å². The lowest BCUT2D eigenvalue weighted by Gasteiger charge is -2.22. The molecule has 3 aromatic rings. The molecule has 10 nitrogen and oxygen atoms in total. The first-order valence-corrected chi connectivity index (χ1v) is 12.1. The zero-order chi connectivity index (χ0) is 25.8. The fourth-order valence-corrected chi connectivity index (χ4v) is 4.13. The molecule has 2 aliphatic heterocycles. The highest BCUT2D eigenvalue weighted by Gasteiger charge is 2.23. The van der Waals surface area contributed by atoms with Crippen molar-refractivity contribution in [2.45, 2.75) is 25.6 Å². The third kappa shape index (κ3) is 5.61. The van der Waals surface area contributed by atoms with Crippen molar-refractivity contribution >= 4 is 5.91 Å². The van der Waals surface area contributed by atoms with Crippen LogP contribution in [0.15, 0.2) is 67.1 Å². The number of hydrogen-bond acceptors (Lipinski definition) is 7. The van der Waals surface area contributed by atoms with Crippen LogP contribution in [0.1, 0.15) is 28.6 Å². The molecule has 192 valence electrons. The number of dihydropyridines is 1. The minimum Gasteiger partial charge on any atom is -0.492 e. The molecule has 2 bridgehead atoms. The van der Waals surface area contributed by atoms with Gasteiger partial charge in [0.2, 0.25) is 0 Å². The molecule has 0 radical (unpaired) electrons. The summed E-state index contributed by atoms with van der Waals surface area (Å²) < 4.78 is 24.8. The van der Waals surface area contributed by atoms with E-state index in [2.05, 4.69) is 25.9 Å². The molecule has 4 heterocycles. The second-order valence-electron chi connectivity index (χ2n) is 9.11. The van der Waals surface area contributed by atoms with Gasteiger partial charge in [-0.2, -0.15) is 5.10 Å². The van der Waals surface area contributed by atoms with E-state index in [1.54, 1.807) is 29.5 Å². The van der Waals surface area contributed by atoms with Crippen molar-refractivity contribution in [3.8, 4) is 16.9 Å². The maximum absolute atomic E-state index is 15.2. The van der Waals surface area contributed by atoms with Crippen molar-refractivity contribution in [3.05, 3.63) is 84.3 Å². The quantitative estimate of drug-likeness (QED) is 0.527. The van der Waals surface area contributed by atoms with Gasteiger partial charge in [-0.25, -0.2) is 4.39 Å². The summed E-state index contributed by atoms with van der Waals surface area (Å²) in [6.07, 6.45) is 15.2. The van der Waals surface area contributed by atoms with Gasteiger partial charge in [0.25, 0.3) is 5.91 Å². The SMILES string of the molecule is CN(C)CCn1cc(-c2cc3c(cc2F)OCC/C=C\Cn2cnnc2C2C=CC=C(NC3=O)N2)cn1. The van der Waals surface area contributed by atoms with E-state index in [4.69, 9.17) is 4.74 Å². The second-order valence-corrected chi connectivity index (χ2v) is 9.11. The van der Waals surface area contributed by atoms with Gasteiger partial charge >= 0.3 is 0 Å². The summed E-state index contributed by atoms with van der Waals surface area (Å²) >= 11 is 0. The number of nitrogens with zero attached hydrogens (tertiary/aromatic N) is 6. The van der Waals surface area contributed by atoms with Gasteiger partial charge in [0.1, 0.15) is 29.8 Å². The lowest BCUT2D eigenvalue weighted by molar-refractivity contribution is 0.0958. The predicted octanol–water partition coefficient (Wildman–Crippen LogP) is 2.65. The Bertz CT molecular complexity index is 1370. The van der Waals surface area contributed by atoms with E-state index >= 15 is 4.39 Å². The number of benzene rings is 1. The average molecular weight is 505 g/mol. The average Bonchev–Trinajstić information content (AvgIpc) is 3.54. The van der Waals surface area contributed by atoms with Crippen LogP contribution >= 0.6 is 0 Å². The van der Waals surface area contributed by atoms with Gasteiger partial charge in [-0.3, -0.25) is 9.48 Å². The van der Waals surface area contributed by atoms with Crippen LogP contribution in [-0.2, 0) is 13.1 Å². The number of aromatic nitrogens is 5. The van der Waals surface area contributed by atoms with E-state index < -0.39 is 11.7 Å². The van der Waals surface area contributed by atoms with Crippen LogP contribution in [0.25, 0.3) is 11.1 Å². The van der Waals surface area contributed by atoms with Crippen molar-refractivity contribution in [1.29, 1.82) is 0 Å². The summed E-state index contributed by atoms with van der Waals surface area (Å²) in [5, 5.41) is 18.8. The fraction of sp³-hybridized carbons (Fsp3) is 0.308. The number of nitrogens with one attached hydrogen (secondary N) is 2. The molecule has 0 saturated carbocycles. The highest BCUT2D eigenvalue weighted by Crippen LogP contribution is 2.30. The molecule has 2 aromatic heterocycles. The van der Waals surface area contributed by atoms with E-state index in [1.165, 1.54) is 12.1 Å². The number of rotatable bonds is 4. The van der Waals surface area contributed by atoms with Gasteiger partial charge in [-0.05, 0) is 32.7 Å². The van der Waals surface area contributed by atoms with Gasteiger partial charge < -0.3 is 24.8 Å². The number of allylic oxidation sites excluding steroid dienone is 3.